The van der Waals surface area contributed by atoms with E-state index in [-0.39, 0.29) is 16.9 Å². The van der Waals surface area contributed by atoms with Gasteiger partial charge >= 0.3 is 0 Å². The molecule has 1 spiro atoms. The molecule has 3 atom stereocenters. The van der Waals surface area contributed by atoms with Gasteiger partial charge in [0, 0.05) is 19.8 Å². The summed E-state index contributed by atoms with van der Waals surface area (Å²) in [5.41, 5.74) is -0.416. The van der Waals surface area contributed by atoms with Crippen LogP contribution in [0.3, 0.4) is 0 Å². The van der Waals surface area contributed by atoms with Crippen LogP contribution in [0.5, 0.6) is 0 Å². The predicted molar refractivity (Wildman–Crippen MR) is 72.9 cm³/mol. The number of hydrogen-bond donors (Lipinski definition) is 2. The zero-order chi connectivity index (χ0) is 14.1. The molecule has 2 saturated heterocycles. The van der Waals surface area contributed by atoms with Gasteiger partial charge in [0.25, 0.3) is 0 Å². The lowest BCUT2D eigenvalue weighted by Gasteiger charge is -2.46. The van der Waals surface area contributed by atoms with Gasteiger partial charge in [0.1, 0.15) is 0 Å². The average molecular weight is 272 g/mol. The van der Waals surface area contributed by atoms with Crippen LogP contribution in [0.15, 0.2) is 0 Å². The molecule has 2 aliphatic rings. The summed E-state index contributed by atoms with van der Waals surface area (Å²) < 4.78 is 11.4. The van der Waals surface area contributed by atoms with E-state index in [1.807, 2.05) is 20.8 Å². The Morgan fingerprint density at radius 1 is 1.11 bits per heavy atom. The monoisotopic (exact) mass is 272 g/mol. The minimum atomic E-state index is -0.688. The molecule has 2 fully saturated rings. The molecule has 0 radical (unpaired) electrons. The van der Waals surface area contributed by atoms with E-state index in [0.717, 1.165) is 38.9 Å². The molecule has 2 aliphatic heterocycles. The van der Waals surface area contributed by atoms with Gasteiger partial charge in [-0.25, -0.2) is 0 Å². The van der Waals surface area contributed by atoms with Crippen molar-refractivity contribution in [3.63, 3.8) is 0 Å². The summed E-state index contributed by atoms with van der Waals surface area (Å²) in [5.74, 6) is 0.126. The minimum Gasteiger partial charge on any atom is -0.390 e. The molecule has 4 nitrogen and oxygen atoms in total. The van der Waals surface area contributed by atoms with E-state index in [2.05, 4.69) is 0 Å². The molecule has 0 amide bonds. The van der Waals surface area contributed by atoms with Gasteiger partial charge < -0.3 is 19.7 Å². The van der Waals surface area contributed by atoms with Crippen molar-refractivity contribution in [1.29, 1.82) is 0 Å². The van der Waals surface area contributed by atoms with E-state index in [0.29, 0.717) is 6.61 Å². The molecular weight excluding hydrogens is 244 g/mol. The van der Waals surface area contributed by atoms with Gasteiger partial charge in [0.2, 0.25) is 0 Å². The second kappa shape index (κ2) is 5.68. The van der Waals surface area contributed by atoms with E-state index in [9.17, 15) is 10.2 Å². The van der Waals surface area contributed by atoms with Crippen molar-refractivity contribution >= 4 is 0 Å². The predicted octanol–water partition coefficient (Wildman–Crippen LogP) is 1.73. The fraction of sp³-hybridized carbons (Fsp3) is 1.00. The van der Waals surface area contributed by atoms with Gasteiger partial charge in [-0.05, 0) is 37.0 Å². The third-order valence-electron chi connectivity index (χ3n) is 4.63. The van der Waals surface area contributed by atoms with Crippen LogP contribution in [-0.2, 0) is 9.47 Å². The molecule has 0 aromatic rings. The highest BCUT2D eigenvalue weighted by Gasteiger charge is 2.43. The van der Waals surface area contributed by atoms with Gasteiger partial charge in [0.15, 0.2) is 0 Å². The van der Waals surface area contributed by atoms with E-state index >= 15 is 0 Å². The summed E-state index contributed by atoms with van der Waals surface area (Å²) >= 11 is 0. The SMILES string of the molecule is CC(C)(C)C(O)C(O)C1CCOC2(CCOCC2)C1. The van der Waals surface area contributed by atoms with Crippen LogP contribution in [0, 0.1) is 11.3 Å². The van der Waals surface area contributed by atoms with Crippen LogP contribution in [0.25, 0.3) is 0 Å². The maximum Gasteiger partial charge on any atom is 0.0849 e. The van der Waals surface area contributed by atoms with Crippen molar-refractivity contribution in [2.24, 2.45) is 11.3 Å². The Kier molecular flexibility index (Phi) is 4.56. The summed E-state index contributed by atoms with van der Waals surface area (Å²) in [6, 6.07) is 0. The van der Waals surface area contributed by atoms with Crippen LogP contribution in [0.1, 0.15) is 46.5 Å². The molecule has 2 N–H and O–H groups in total. The first-order chi connectivity index (χ1) is 8.84. The molecule has 0 aliphatic carbocycles. The third-order valence-corrected chi connectivity index (χ3v) is 4.63. The Bertz CT molecular complexity index is 286. The Hall–Kier alpha value is -0.160. The van der Waals surface area contributed by atoms with E-state index in [1.54, 1.807) is 0 Å². The fourth-order valence-electron chi connectivity index (χ4n) is 3.22. The number of hydrogen-bond acceptors (Lipinski definition) is 4. The molecule has 0 saturated carbocycles. The molecule has 0 bridgehead atoms. The summed E-state index contributed by atoms with van der Waals surface area (Å²) in [6.45, 7) is 8.05. The van der Waals surface area contributed by atoms with Crippen molar-refractivity contribution in [1.82, 2.24) is 0 Å². The van der Waals surface area contributed by atoms with E-state index in [4.69, 9.17) is 9.47 Å². The van der Waals surface area contributed by atoms with E-state index < -0.39 is 12.2 Å². The topological polar surface area (TPSA) is 58.9 Å². The molecule has 2 heterocycles. The highest BCUT2D eigenvalue weighted by atomic mass is 16.5. The Labute approximate surface area is 116 Å². The summed E-state index contributed by atoms with van der Waals surface area (Å²) in [5, 5.41) is 20.7. The molecule has 3 unspecified atom stereocenters. The van der Waals surface area contributed by atoms with Crippen molar-refractivity contribution in [3.05, 3.63) is 0 Å². The molecule has 0 aromatic carbocycles. The maximum absolute atomic E-state index is 10.5. The van der Waals surface area contributed by atoms with Crippen LogP contribution < -0.4 is 0 Å². The number of rotatable bonds is 2. The molecule has 112 valence electrons. The normalized spacial score (nSPS) is 31.1. The highest BCUT2D eigenvalue weighted by molar-refractivity contribution is 4.94. The molecular formula is C15H28O4. The van der Waals surface area contributed by atoms with Crippen LogP contribution in [0.2, 0.25) is 0 Å². The number of ether oxygens (including phenoxy) is 2. The quantitative estimate of drug-likeness (QED) is 0.804. The zero-order valence-electron chi connectivity index (χ0n) is 12.4. The summed E-state index contributed by atoms with van der Waals surface area (Å²) in [6.07, 6.45) is 2.13. The second-order valence-corrected chi connectivity index (χ2v) is 7.20. The lowest BCUT2D eigenvalue weighted by Crippen LogP contribution is -2.50. The third kappa shape index (κ3) is 3.48. The molecule has 0 aromatic heterocycles. The van der Waals surface area contributed by atoms with Crippen molar-refractivity contribution in [2.45, 2.75) is 64.3 Å². The minimum absolute atomic E-state index is 0.125. The van der Waals surface area contributed by atoms with Gasteiger partial charge in [-0.2, -0.15) is 0 Å². The smallest absolute Gasteiger partial charge is 0.0849 e. The first-order valence-corrected chi connectivity index (χ1v) is 7.42. The molecule has 19 heavy (non-hydrogen) atoms. The number of aliphatic hydroxyl groups excluding tert-OH is 2. The standard InChI is InChI=1S/C15H28O4/c1-14(2,3)13(17)12(16)11-4-7-19-15(10-11)5-8-18-9-6-15/h11-13,16-17H,4-10H2,1-3H3. The Balaban J connectivity index is 2.00. The fourth-order valence-corrected chi connectivity index (χ4v) is 3.22. The van der Waals surface area contributed by atoms with Gasteiger partial charge in [-0.3, -0.25) is 0 Å². The van der Waals surface area contributed by atoms with Gasteiger partial charge in [-0.15, -0.1) is 0 Å². The lowest BCUT2D eigenvalue weighted by molar-refractivity contribution is -0.172. The van der Waals surface area contributed by atoms with Crippen LogP contribution >= 0.6 is 0 Å². The largest absolute Gasteiger partial charge is 0.390 e. The first-order valence-electron chi connectivity index (χ1n) is 7.42. The van der Waals surface area contributed by atoms with Gasteiger partial charge in [-0.1, -0.05) is 20.8 Å². The highest BCUT2D eigenvalue weighted by Crippen LogP contribution is 2.40. The van der Waals surface area contributed by atoms with Crippen molar-refractivity contribution in [2.75, 3.05) is 19.8 Å². The molecule has 2 rings (SSSR count). The lowest BCUT2D eigenvalue weighted by atomic mass is 9.74. The first kappa shape index (κ1) is 15.2. The van der Waals surface area contributed by atoms with Crippen molar-refractivity contribution in [3.8, 4) is 0 Å². The van der Waals surface area contributed by atoms with Gasteiger partial charge in [0.05, 0.1) is 17.8 Å². The Morgan fingerprint density at radius 2 is 1.74 bits per heavy atom. The van der Waals surface area contributed by atoms with Crippen molar-refractivity contribution < 1.29 is 19.7 Å². The second-order valence-electron chi connectivity index (χ2n) is 7.20. The summed E-state index contributed by atoms with van der Waals surface area (Å²) in [7, 11) is 0. The molecule has 4 heteroatoms. The zero-order valence-corrected chi connectivity index (χ0v) is 12.4. The average Bonchev–Trinajstić information content (AvgIpc) is 2.37. The maximum atomic E-state index is 10.5. The number of aliphatic hydroxyl groups is 2. The van der Waals surface area contributed by atoms with Crippen LogP contribution in [0.4, 0.5) is 0 Å². The van der Waals surface area contributed by atoms with E-state index in [1.165, 1.54) is 0 Å². The Morgan fingerprint density at radius 3 is 2.32 bits per heavy atom. The summed E-state index contributed by atoms with van der Waals surface area (Å²) in [4.78, 5) is 0. The van der Waals surface area contributed by atoms with Crippen LogP contribution in [-0.4, -0.2) is 47.8 Å².